The first-order valence-electron chi connectivity index (χ1n) is 6.96. The third-order valence-corrected chi connectivity index (χ3v) is 5.09. The molecule has 1 saturated heterocycles. The molecular formula is C15H24O. The van der Waals surface area contributed by atoms with Gasteiger partial charge in [-0.05, 0) is 56.8 Å². The van der Waals surface area contributed by atoms with Crippen molar-refractivity contribution in [3.63, 3.8) is 0 Å². The van der Waals surface area contributed by atoms with E-state index < -0.39 is 0 Å². The predicted octanol–water partition coefficient (Wildman–Crippen LogP) is 3.94. The first-order valence-corrected chi connectivity index (χ1v) is 6.96. The molecule has 2 aliphatic carbocycles. The van der Waals surface area contributed by atoms with Gasteiger partial charge in [-0.3, -0.25) is 0 Å². The lowest BCUT2D eigenvalue weighted by molar-refractivity contribution is 0.132. The molecule has 3 aliphatic rings. The van der Waals surface area contributed by atoms with Gasteiger partial charge in [0, 0.05) is 0 Å². The standard InChI is InChI=1S/C15H24O/c1-10(2)13-6-7-15-9-12(13)8-11(3)4-5-14(15)16-15/h8,10,12-14H,4-7,9H2,1-3H3. The number of fused-ring (bicyclic) bond motifs is 1. The van der Waals surface area contributed by atoms with Gasteiger partial charge in [-0.2, -0.15) is 0 Å². The Morgan fingerprint density at radius 1 is 1.38 bits per heavy atom. The minimum absolute atomic E-state index is 0.327. The lowest BCUT2D eigenvalue weighted by Gasteiger charge is -2.37. The second-order valence-electron chi connectivity index (χ2n) is 6.54. The van der Waals surface area contributed by atoms with Crippen LogP contribution in [-0.2, 0) is 4.74 Å². The van der Waals surface area contributed by atoms with Crippen LogP contribution in [0.3, 0.4) is 0 Å². The summed E-state index contributed by atoms with van der Waals surface area (Å²) in [7, 11) is 0. The Kier molecular flexibility index (Phi) is 2.43. The van der Waals surface area contributed by atoms with Crippen molar-refractivity contribution >= 4 is 0 Å². The first-order chi connectivity index (χ1) is 7.61. The molecular weight excluding hydrogens is 196 g/mol. The molecule has 1 aliphatic heterocycles. The zero-order chi connectivity index (χ0) is 11.3. The predicted molar refractivity (Wildman–Crippen MR) is 66.3 cm³/mol. The van der Waals surface area contributed by atoms with E-state index in [0.717, 1.165) is 17.8 Å². The van der Waals surface area contributed by atoms with Gasteiger partial charge in [0.15, 0.2) is 0 Å². The first kappa shape index (κ1) is 10.8. The van der Waals surface area contributed by atoms with Gasteiger partial charge in [-0.15, -0.1) is 0 Å². The Hall–Kier alpha value is -0.300. The Morgan fingerprint density at radius 2 is 2.19 bits per heavy atom. The smallest absolute Gasteiger partial charge is 0.0954 e. The summed E-state index contributed by atoms with van der Waals surface area (Å²) in [4.78, 5) is 0. The molecule has 1 saturated carbocycles. The van der Waals surface area contributed by atoms with Gasteiger partial charge in [0.1, 0.15) is 0 Å². The molecule has 1 heteroatoms. The van der Waals surface area contributed by atoms with E-state index in [4.69, 9.17) is 4.74 Å². The van der Waals surface area contributed by atoms with Crippen LogP contribution in [0.15, 0.2) is 11.6 Å². The largest absolute Gasteiger partial charge is 0.366 e. The highest BCUT2D eigenvalue weighted by molar-refractivity contribution is 5.16. The lowest BCUT2D eigenvalue weighted by atomic mass is 9.67. The molecule has 0 aromatic heterocycles. The summed E-state index contributed by atoms with van der Waals surface area (Å²) in [6, 6.07) is 0. The molecule has 4 unspecified atom stereocenters. The van der Waals surface area contributed by atoms with E-state index >= 15 is 0 Å². The number of allylic oxidation sites excluding steroid dienone is 2. The van der Waals surface area contributed by atoms with Crippen molar-refractivity contribution in [1.29, 1.82) is 0 Å². The highest BCUT2D eigenvalue weighted by atomic mass is 16.6. The summed E-state index contributed by atoms with van der Waals surface area (Å²) >= 11 is 0. The molecule has 0 N–H and O–H groups in total. The minimum Gasteiger partial charge on any atom is -0.366 e. The zero-order valence-corrected chi connectivity index (χ0v) is 10.8. The molecule has 16 heavy (non-hydrogen) atoms. The van der Waals surface area contributed by atoms with Crippen LogP contribution in [0.2, 0.25) is 0 Å². The summed E-state index contributed by atoms with van der Waals surface area (Å²) in [6.45, 7) is 7.08. The van der Waals surface area contributed by atoms with Gasteiger partial charge >= 0.3 is 0 Å². The van der Waals surface area contributed by atoms with E-state index in [-0.39, 0.29) is 0 Å². The summed E-state index contributed by atoms with van der Waals surface area (Å²) in [5.41, 5.74) is 1.93. The Bertz CT molecular complexity index is 317. The van der Waals surface area contributed by atoms with Crippen LogP contribution in [0.25, 0.3) is 0 Å². The number of rotatable bonds is 1. The quantitative estimate of drug-likeness (QED) is 0.482. The molecule has 0 amide bonds. The molecule has 0 radical (unpaired) electrons. The van der Waals surface area contributed by atoms with Gasteiger partial charge in [0.2, 0.25) is 0 Å². The third kappa shape index (κ3) is 1.64. The van der Waals surface area contributed by atoms with Crippen molar-refractivity contribution in [2.45, 2.75) is 64.6 Å². The third-order valence-electron chi connectivity index (χ3n) is 5.09. The second-order valence-corrected chi connectivity index (χ2v) is 6.54. The van der Waals surface area contributed by atoms with Crippen LogP contribution in [-0.4, -0.2) is 11.7 Å². The summed E-state index contributed by atoms with van der Waals surface area (Å²) in [6.07, 6.45) is 9.70. The SMILES string of the molecule is CC1=CC2CC3(CCC2C(C)C)OC3CC1. The van der Waals surface area contributed by atoms with Crippen LogP contribution in [0.5, 0.6) is 0 Å². The fourth-order valence-electron chi connectivity index (χ4n) is 4.07. The fraction of sp³-hybridized carbons (Fsp3) is 0.867. The minimum atomic E-state index is 0.327. The van der Waals surface area contributed by atoms with Crippen molar-refractivity contribution in [3.8, 4) is 0 Å². The average Bonchev–Trinajstić information content (AvgIpc) is 2.86. The van der Waals surface area contributed by atoms with Crippen molar-refractivity contribution < 1.29 is 4.74 Å². The van der Waals surface area contributed by atoms with E-state index in [2.05, 4.69) is 26.8 Å². The van der Waals surface area contributed by atoms with Gasteiger partial charge < -0.3 is 4.74 Å². The Balaban J connectivity index is 1.86. The monoisotopic (exact) mass is 220 g/mol. The van der Waals surface area contributed by atoms with Gasteiger partial charge in [-0.25, -0.2) is 0 Å². The van der Waals surface area contributed by atoms with Crippen LogP contribution in [0, 0.1) is 17.8 Å². The highest BCUT2D eigenvalue weighted by Crippen LogP contribution is 2.55. The lowest BCUT2D eigenvalue weighted by Crippen LogP contribution is -2.34. The second kappa shape index (κ2) is 3.60. The van der Waals surface area contributed by atoms with Gasteiger partial charge in [-0.1, -0.05) is 25.5 Å². The number of hydrogen-bond donors (Lipinski definition) is 0. The van der Waals surface area contributed by atoms with Gasteiger partial charge in [0.25, 0.3) is 0 Å². The summed E-state index contributed by atoms with van der Waals surface area (Å²) < 4.78 is 6.04. The molecule has 1 nitrogen and oxygen atoms in total. The molecule has 3 rings (SSSR count). The molecule has 2 bridgehead atoms. The van der Waals surface area contributed by atoms with Crippen molar-refractivity contribution in [1.82, 2.24) is 0 Å². The van der Waals surface area contributed by atoms with Crippen LogP contribution in [0.1, 0.15) is 52.9 Å². The van der Waals surface area contributed by atoms with E-state index in [9.17, 15) is 0 Å². The Labute approximate surface area is 99.3 Å². The van der Waals surface area contributed by atoms with E-state index in [1.807, 2.05) is 0 Å². The maximum Gasteiger partial charge on any atom is 0.0954 e. The van der Waals surface area contributed by atoms with E-state index in [1.54, 1.807) is 5.57 Å². The fourth-order valence-corrected chi connectivity index (χ4v) is 4.07. The Morgan fingerprint density at radius 3 is 2.94 bits per heavy atom. The summed E-state index contributed by atoms with van der Waals surface area (Å²) in [5, 5.41) is 0. The molecule has 0 aromatic carbocycles. The van der Waals surface area contributed by atoms with Crippen LogP contribution < -0.4 is 0 Å². The van der Waals surface area contributed by atoms with Gasteiger partial charge in [0.05, 0.1) is 11.7 Å². The molecule has 1 spiro atoms. The average molecular weight is 220 g/mol. The highest BCUT2D eigenvalue weighted by Gasteiger charge is 2.59. The number of ether oxygens (including phenoxy) is 1. The van der Waals surface area contributed by atoms with Crippen molar-refractivity contribution in [2.75, 3.05) is 0 Å². The molecule has 0 aromatic rings. The van der Waals surface area contributed by atoms with E-state index in [1.165, 1.54) is 32.1 Å². The molecule has 4 atom stereocenters. The van der Waals surface area contributed by atoms with Crippen LogP contribution >= 0.6 is 0 Å². The normalized spacial score (nSPS) is 46.8. The van der Waals surface area contributed by atoms with Crippen LogP contribution in [0.4, 0.5) is 0 Å². The van der Waals surface area contributed by atoms with Crippen molar-refractivity contribution in [2.24, 2.45) is 17.8 Å². The van der Waals surface area contributed by atoms with Crippen molar-refractivity contribution in [3.05, 3.63) is 11.6 Å². The maximum absolute atomic E-state index is 6.04. The topological polar surface area (TPSA) is 12.5 Å². The molecule has 2 fully saturated rings. The van der Waals surface area contributed by atoms with E-state index in [0.29, 0.717) is 11.7 Å². The number of hydrogen-bond acceptors (Lipinski definition) is 1. The maximum atomic E-state index is 6.04. The number of epoxide rings is 1. The molecule has 90 valence electrons. The molecule has 1 heterocycles. The zero-order valence-electron chi connectivity index (χ0n) is 10.8. The summed E-state index contributed by atoms with van der Waals surface area (Å²) in [5.74, 6) is 2.51.